The SMILES string of the molecule is CNC(=O)[C@]12CC[C@@H](C1)C(C)(C)[C@H]2O. The van der Waals surface area contributed by atoms with Gasteiger partial charge in [0.1, 0.15) is 0 Å². The first-order valence-electron chi connectivity index (χ1n) is 5.35. The highest BCUT2D eigenvalue weighted by molar-refractivity contribution is 5.84. The molecule has 0 aromatic carbocycles. The van der Waals surface area contributed by atoms with E-state index in [2.05, 4.69) is 19.2 Å². The summed E-state index contributed by atoms with van der Waals surface area (Å²) in [5.41, 5.74) is -0.576. The first-order chi connectivity index (χ1) is 6.45. The van der Waals surface area contributed by atoms with Crippen molar-refractivity contribution >= 4 is 5.91 Å². The normalized spacial score (nSPS) is 44.0. The van der Waals surface area contributed by atoms with Crippen LogP contribution in [0.5, 0.6) is 0 Å². The van der Waals surface area contributed by atoms with Gasteiger partial charge in [-0.15, -0.1) is 0 Å². The van der Waals surface area contributed by atoms with Crippen molar-refractivity contribution in [3.05, 3.63) is 0 Å². The van der Waals surface area contributed by atoms with Crippen LogP contribution < -0.4 is 5.32 Å². The van der Waals surface area contributed by atoms with Crippen LogP contribution in [0.3, 0.4) is 0 Å². The van der Waals surface area contributed by atoms with Gasteiger partial charge in [-0.3, -0.25) is 4.79 Å². The Labute approximate surface area is 84.9 Å². The molecule has 2 saturated carbocycles. The zero-order valence-electron chi connectivity index (χ0n) is 9.13. The molecule has 2 N–H and O–H groups in total. The molecule has 2 bridgehead atoms. The number of hydrogen-bond acceptors (Lipinski definition) is 2. The molecule has 0 radical (unpaired) electrons. The quantitative estimate of drug-likeness (QED) is 0.656. The Kier molecular flexibility index (Phi) is 1.94. The van der Waals surface area contributed by atoms with Gasteiger partial charge < -0.3 is 10.4 Å². The van der Waals surface area contributed by atoms with Gasteiger partial charge in [0, 0.05) is 7.05 Å². The largest absolute Gasteiger partial charge is 0.391 e. The van der Waals surface area contributed by atoms with Crippen molar-refractivity contribution in [2.45, 2.75) is 39.2 Å². The van der Waals surface area contributed by atoms with Crippen LogP contribution in [0.1, 0.15) is 33.1 Å². The highest BCUT2D eigenvalue weighted by atomic mass is 16.3. The summed E-state index contributed by atoms with van der Waals surface area (Å²) in [6.45, 7) is 4.15. The van der Waals surface area contributed by atoms with Crippen LogP contribution in [0.25, 0.3) is 0 Å². The lowest BCUT2D eigenvalue weighted by Crippen LogP contribution is -2.49. The molecule has 2 aliphatic carbocycles. The van der Waals surface area contributed by atoms with Crippen molar-refractivity contribution in [3.63, 3.8) is 0 Å². The summed E-state index contributed by atoms with van der Waals surface area (Å²) in [6, 6.07) is 0. The Morgan fingerprint density at radius 2 is 2.14 bits per heavy atom. The van der Waals surface area contributed by atoms with Gasteiger partial charge in [-0.2, -0.15) is 0 Å². The molecule has 0 unspecified atom stereocenters. The van der Waals surface area contributed by atoms with Gasteiger partial charge in [-0.25, -0.2) is 0 Å². The third kappa shape index (κ3) is 0.937. The van der Waals surface area contributed by atoms with Gasteiger partial charge in [0.2, 0.25) is 5.91 Å². The summed E-state index contributed by atoms with van der Waals surface area (Å²) in [4.78, 5) is 11.8. The molecule has 0 saturated heterocycles. The first kappa shape index (κ1) is 9.97. The monoisotopic (exact) mass is 197 g/mol. The van der Waals surface area contributed by atoms with Gasteiger partial charge in [0.05, 0.1) is 11.5 Å². The van der Waals surface area contributed by atoms with Crippen molar-refractivity contribution < 1.29 is 9.90 Å². The average Bonchev–Trinajstić information content (AvgIpc) is 2.66. The molecule has 3 nitrogen and oxygen atoms in total. The number of carbonyl (C=O) groups is 1. The summed E-state index contributed by atoms with van der Waals surface area (Å²) >= 11 is 0. The minimum Gasteiger partial charge on any atom is -0.391 e. The first-order valence-corrected chi connectivity index (χ1v) is 5.35. The number of carbonyl (C=O) groups excluding carboxylic acids is 1. The highest BCUT2D eigenvalue weighted by Gasteiger charge is 2.64. The molecule has 14 heavy (non-hydrogen) atoms. The third-order valence-corrected chi connectivity index (χ3v) is 4.51. The lowest BCUT2D eigenvalue weighted by atomic mass is 9.69. The van der Waals surface area contributed by atoms with E-state index in [4.69, 9.17) is 0 Å². The molecule has 1 amide bonds. The summed E-state index contributed by atoms with van der Waals surface area (Å²) in [6.07, 6.45) is 2.31. The van der Waals surface area contributed by atoms with E-state index in [1.165, 1.54) is 0 Å². The second-order valence-corrected chi connectivity index (χ2v) is 5.40. The van der Waals surface area contributed by atoms with E-state index < -0.39 is 11.5 Å². The number of fused-ring (bicyclic) bond motifs is 2. The molecule has 2 rings (SSSR count). The number of rotatable bonds is 1. The second kappa shape index (κ2) is 2.72. The number of aliphatic hydroxyl groups is 1. The lowest BCUT2D eigenvalue weighted by molar-refractivity contribution is -0.140. The van der Waals surface area contributed by atoms with Crippen LogP contribution in [0.15, 0.2) is 0 Å². The molecule has 0 aromatic heterocycles. The van der Waals surface area contributed by atoms with Gasteiger partial charge >= 0.3 is 0 Å². The summed E-state index contributed by atoms with van der Waals surface area (Å²) in [5, 5.41) is 12.9. The molecule has 0 aliphatic heterocycles. The molecule has 2 aliphatic rings. The van der Waals surface area contributed by atoms with Gasteiger partial charge in [0.15, 0.2) is 0 Å². The molecule has 3 atom stereocenters. The number of amides is 1. The number of hydrogen-bond donors (Lipinski definition) is 2. The van der Waals surface area contributed by atoms with Crippen molar-refractivity contribution in [1.82, 2.24) is 5.32 Å². The maximum absolute atomic E-state index is 11.8. The minimum absolute atomic E-state index is 0.0260. The van der Waals surface area contributed by atoms with Crippen LogP contribution >= 0.6 is 0 Å². The molecule has 3 heteroatoms. The molecule has 80 valence electrons. The minimum atomic E-state index is -0.483. The fourth-order valence-corrected chi connectivity index (χ4v) is 3.47. The third-order valence-electron chi connectivity index (χ3n) is 4.51. The van der Waals surface area contributed by atoms with Crippen molar-refractivity contribution in [1.29, 1.82) is 0 Å². The Balaban J connectivity index is 2.35. The van der Waals surface area contributed by atoms with Crippen LogP contribution in [0.4, 0.5) is 0 Å². The number of nitrogens with one attached hydrogen (secondary N) is 1. The molecule has 0 spiro atoms. The maximum Gasteiger partial charge on any atom is 0.228 e. The second-order valence-electron chi connectivity index (χ2n) is 5.40. The van der Waals surface area contributed by atoms with Crippen LogP contribution in [-0.4, -0.2) is 24.2 Å². The van der Waals surface area contributed by atoms with Crippen molar-refractivity contribution in [3.8, 4) is 0 Å². The fraction of sp³-hybridized carbons (Fsp3) is 0.909. The Morgan fingerprint density at radius 3 is 2.57 bits per heavy atom. The predicted molar refractivity (Wildman–Crippen MR) is 53.6 cm³/mol. The summed E-state index contributed by atoms with van der Waals surface area (Å²) in [7, 11) is 1.66. The van der Waals surface area contributed by atoms with E-state index in [9.17, 15) is 9.90 Å². The van der Waals surface area contributed by atoms with Crippen molar-refractivity contribution in [2.24, 2.45) is 16.7 Å². The smallest absolute Gasteiger partial charge is 0.228 e. The summed E-state index contributed by atoms with van der Waals surface area (Å²) < 4.78 is 0. The topological polar surface area (TPSA) is 49.3 Å². The summed E-state index contributed by atoms with van der Waals surface area (Å²) in [5.74, 6) is 0.535. The zero-order chi connectivity index (χ0) is 10.6. The molecule has 0 aromatic rings. The zero-order valence-corrected chi connectivity index (χ0v) is 9.13. The molecular formula is C11H19NO2. The molecule has 2 fully saturated rings. The van der Waals surface area contributed by atoms with E-state index in [-0.39, 0.29) is 11.3 Å². The Morgan fingerprint density at radius 1 is 1.50 bits per heavy atom. The van der Waals surface area contributed by atoms with E-state index in [0.717, 1.165) is 19.3 Å². The Bertz CT molecular complexity index is 274. The number of aliphatic hydroxyl groups excluding tert-OH is 1. The van der Waals surface area contributed by atoms with E-state index in [0.29, 0.717) is 5.92 Å². The van der Waals surface area contributed by atoms with E-state index in [1.807, 2.05) is 0 Å². The van der Waals surface area contributed by atoms with Gasteiger partial charge in [-0.05, 0) is 30.6 Å². The van der Waals surface area contributed by atoms with Crippen molar-refractivity contribution in [2.75, 3.05) is 7.05 Å². The molecular weight excluding hydrogens is 178 g/mol. The lowest BCUT2D eigenvalue weighted by Gasteiger charge is -2.39. The predicted octanol–water partition coefficient (Wildman–Crippen LogP) is 0.920. The van der Waals surface area contributed by atoms with Crippen LogP contribution in [0, 0.1) is 16.7 Å². The van der Waals surface area contributed by atoms with Gasteiger partial charge in [-0.1, -0.05) is 13.8 Å². The van der Waals surface area contributed by atoms with E-state index in [1.54, 1.807) is 7.05 Å². The highest BCUT2D eigenvalue weighted by Crippen LogP contribution is 2.62. The fourth-order valence-electron chi connectivity index (χ4n) is 3.47. The van der Waals surface area contributed by atoms with Crippen LogP contribution in [0.2, 0.25) is 0 Å². The Hall–Kier alpha value is -0.570. The van der Waals surface area contributed by atoms with Crippen LogP contribution in [-0.2, 0) is 4.79 Å². The van der Waals surface area contributed by atoms with E-state index >= 15 is 0 Å². The standard InChI is InChI=1S/C11H19NO2/c1-10(2)7-4-5-11(6-7,8(10)13)9(14)12-3/h7-8,13H,4-6H2,1-3H3,(H,12,14)/t7-,8+,11+/m0/s1. The maximum atomic E-state index is 11.8. The average molecular weight is 197 g/mol. The van der Waals surface area contributed by atoms with Gasteiger partial charge in [0.25, 0.3) is 0 Å². The molecule has 0 heterocycles.